The molecule has 0 spiro atoms. The third kappa shape index (κ3) is 3.78. The number of aromatic nitrogens is 2. The van der Waals surface area contributed by atoms with Crippen LogP contribution in [0.15, 0.2) is 48.5 Å². The molecule has 0 aliphatic heterocycles. The summed E-state index contributed by atoms with van der Waals surface area (Å²) in [5.74, 6) is -0.961. The number of ether oxygens (including phenoxy) is 3. The van der Waals surface area contributed by atoms with Gasteiger partial charge in [-0.1, -0.05) is 54.1 Å². The Hall–Kier alpha value is -3.32. The maximum atomic E-state index is 11.9. The zero-order valence-electron chi connectivity index (χ0n) is 14.5. The first kappa shape index (κ1) is 18.5. The highest BCUT2D eigenvalue weighted by atomic mass is 35.5. The highest BCUT2D eigenvalue weighted by Gasteiger charge is 2.21. The topological polar surface area (TPSA) is 90.8 Å². The van der Waals surface area contributed by atoms with E-state index in [-0.39, 0.29) is 34.1 Å². The molecule has 0 saturated heterocycles. The molecule has 1 N–H and O–H groups in total. The van der Waals surface area contributed by atoms with Gasteiger partial charge < -0.3 is 19.3 Å². The maximum absolute atomic E-state index is 11.9. The van der Waals surface area contributed by atoms with Crippen LogP contribution >= 0.6 is 11.6 Å². The van der Waals surface area contributed by atoms with E-state index in [2.05, 4.69) is 9.97 Å². The number of benzene rings is 2. The molecule has 8 heteroatoms. The van der Waals surface area contributed by atoms with Gasteiger partial charge in [0.05, 0.1) is 14.2 Å². The Balaban J connectivity index is 2.10. The lowest BCUT2D eigenvalue weighted by Gasteiger charge is -2.13. The quantitative estimate of drug-likeness (QED) is 0.675. The van der Waals surface area contributed by atoms with Crippen molar-refractivity contribution < 1.29 is 24.1 Å². The van der Waals surface area contributed by atoms with Crippen LogP contribution in [0, 0.1) is 0 Å². The van der Waals surface area contributed by atoms with Gasteiger partial charge in [0.2, 0.25) is 11.8 Å². The second-order valence-corrected chi connectivity index (χ2v) is 5.67. The molecule has 1 heterocycles. The van der Waals surface area contributed by atoms with Crippen LogP contribution in [0.2, 0.25) is 5.02 Å². The number of carboxylic acids is 1. The van der Waals surface area contributed by atoms with Gasteiger partial charge in [-0.25, -0.2) is 4.79 Å². The Bertz CT molecular complexity index is 954. The Labute approximate surface area is 160 Å². The second kappa shape index (κ2) is 7.92. The molecule has 0 fully saturated rings. The fraction of sp³-hybridized carbons (Fsp3) is 0.105. The first-order valence-corrected chi connectivity index (χ1v) is 8.18. The molecule has 0 saturated carbocycles. The molecule has 0 unspecified atom stereocenters. The van der Waals surface area contributed by atoms with Gasteiger partial charge in [0.1, 0.15) is 11.3 Å². The van der Waals surface area contributed by atoms with E-state index in [1.54, 1.807) is 12.1 Å². The summed E-state index contributed by atoms with van der Waals surface area (Å²) in [4.78, 5) is 20.0. The number of carbonyl (C=O) groups is 1. The van der Waals surface area contributed by atoms with Gasteiger partial charge in [-0.2, -0.15) is 9.97 Å². The standard InChI is InChI=1S/C19H15ClN2O5/c1-25-16-15(20)17(26-2)22-19(21-16)27-13-10-6-9-12(14(13)18(23)24)11-7-4-3-5-8-11/h3-10H,1-2H3,(H,23,24). The predicted molar refractivity (Wildman–Crippen MR) is 99.1 cm³/mol. The van der Waals surface area contributed by atoms with Crippen LogP contribution in [0.25, 0.3) is 11.1 Å². The van der Waals surface area contributed by atoms with Gasteiger partial charge >= 0.3 is 12.0 Å². The number of halogens is 1. The van der Waals surface area contributed by atoms with Crippen molar-refractivity contribution in [2.24, 2.45) is 0 Å². The number of nitrogens with zero attached hydrogens (tertiary/aromatic N) is 2. The van der Waals surface area contributed by atoms with Crippen molar-refractivity contribution in [1.82, 2.24) is 9.97 Å². The summed E-state index contributed by atoms with van der Waals surface area (Å²) in [6, 6.07) is 13.9. The molecular weight excluding hydrogens is 372 g/mol. The summed E-state index contributed by atoms with van der Waals surface area (Å²) in [7, 11) is 2.77. The van der Waals surface area contributed by atoms with Crippen molar-refractivity contribution in [2.45, 2.75) is 0 Å². The van der Waals surface area contributed by atoms with Crippen molar-refractivity contribution >= 4 is 17.6 Å². The van der Waals surface area contributed by atoms with Crippen LogP contribution in [0.1, 0.15) is 10.4 Å². The number of hydrogen-bond acceptors (Lipinski definition) is 6. The lowest BCUT2D eigenvalue weighted by atomic mass is 9.99. The normalized spacial score (nSPS) is 10.3. The van der Waals surface area contributed by atoms with Gasteiger partial charge in [-0.05, 0) is 17.2 Å². The molecule has 27 heavy (non-hydrogen) atoms. The minimum atomic E-state index is -1.14. The second-order valence-electron chi connectivity index (χ2n) is 5.29. The van der Waals surface area contributed by atoms with E-state index in [0.29, 0.717) is 5.56 Å². The highest BCUT2D eigenvalue weighted by Crippen LogP contribution is 2.36. The molecule has 0 aliphatic rings. The fourth-order valence-electron chi connectivity index (χ4n) is 2.50. The van der Waals surface area contributed by atoms with Gasteiger partial charge in [0, 0.05) is 0 Å². The zero-order chi connectivity index (χ0) is 19.4. The van der Waals surface area contributed by atoms with Crippen LogP contribution in [-0.2, 0) is 0 Å². The summed E-state index contributed by atoms with van der Waals surface area (Å²) in [5.41, 5.74) is 1.24. The molecule has 3 aromatic rings. The molecule has 0 aliphatic carbocycles. The highest BCUT2D eigenvalue weighted by molar-refractivity contribution is 6.33. The number of methoxy groups -OCH3 is 2. The first-order valence-electron chi connectivity index (χ1n) is 7.80. The van der Waals surface area contributed by atoms with Gasteiger partial charge in [0.15, 0.2) is 5.02 Å². The van der Waals surface area contributed by atoms with Gasteiger partial charge in [-0.3, -0.25) is 0 Å². The lowest BCUT2D eigenvalue weighted by molar-refractivity contribution is 0.0695. The van der Waals surface area contributed by atoms with E-state index in [1.165, 1.54) is 20.3 Å². The van der Waals surface area contributed by atoms with Crippen molar-refractivity contribution in [1.29, 1.82) is 0 Å². The summed E-state index contributed by atoms with van der Waals surface area (Å²) < 4.78 is 15.8. The third-order valence-electron chi connectivity index (χ3n) is 3.68. The fourth-order valence-corrected chi connectivity index (χ4v) is 2.74. The molecule has 7 nitrogen and oxygen atoms in total. The smallest absolute Gasteiger partial charge is 0.340 e. The van der Waals surface area contributed by atoms with Crippen LogP contribution in [-0.4, -0.2) is 35.3 Å². The molecule has 138 valence electrons. The Morgan fingerprint density at radius 2 is 1.59 bits per heavy atom. The number of carboxylic acid groups (broad SMARTS) is 1. The minimum Gasteiger partial charge on any atom is -0.480 e. The van der Waals surface area contributed by atoms with Crippen LogP contribution < -0.4 is 14.2 Å². The Kier molecular flexibility index (Phi) is 5.42. The first-order chi connectivity index (χ1) is 13.0. The number of aromatic carboxylic acids is 1. The van der Waals surface area contributed by atoms with Crippen molar-refractivity contribution in [3.63, 3.8) is 0 Å². The average Bonchev–Trinajstić information content (AvgIpc) is 2.69. The largest absolute Gasteiger partial charge is 0.480 e. The van der Waals surface area contributed by atoms with Crippen molar-refractivity contribution in [3.8, 4) is 34.6 Å². The van der Waals surface area contributed by atoms with E-state index in [4.69, 9.17) is 25.8 Å². The van der Waals surface area contributed by atoms with Crippen LogP contribution in [0.3, 0.4) is 0 Å². The monoisotopic (exact) mass is 386 g/mol. The van der Waals surface area contributed by atoms with Crippen LogP contribution in [0.5, 0.6) is 23.5 Å². The van der Waals surface area contributed by atoms with Crippen LogP contribution in [0.4, 0.5) is 0 Å². The number of rotatable bonds is 6. The summed E-state index contributed by atoms with van der Waals surface area (Å²) in [6.07, 6.45) is 0. The summed E-state index contributed by atoms with van der Waals surface area (Å²) in [6.45, 7) is 0. The molecular formula is C19H15ClN2O5. The van der Waals surface area contributed by atoms with Gasteiger partial charge in [0.25, 0.3) is 0 Å². The summed E-state index contributed by atoms with van der Waals surface area (Å²) >= 11 is 6.05. The molecule has 0 amide bonds. The Morgan fingerprint density at radius 1 is 0.963 bits per heavy atom. The van der Waals surface area contributed by atoms with E-state index >= 15 is 0 Å². The Morgan fingerprint density at radius 3 is 2.15 bits per heavy atom. The molecule has 0 radical (unpaired) electrons. The lowest BCUT2D eigenvalue weighted by Crippen LogP contribution is -2.05. The van der Waals surface area contributed by atoms with E-state index in [1.807, 2.05) is 30.3 Å². The van der Waals surface area contributed by atoms with Gasteiger partial charge in [-0.15, -0.1) is 0 Å². The average molecular weight is 387 g/mol. The molecule has 0 bridgehead atoms. The summed E-state index contributed by atoms with van der Waals surface area (Å²) in [5, 5.41) is 9.83. The molecule has 1 aromatic heterocycles. The molecule has 0 atom stereocenters. The third-order valence-corrected chi connectivity index (χ3v) is 4.01. The minimum absolute atomic E-state index is 0.0137. The number of hydrogen-bond donors (Lipinski definition) is 1. The van der Waals surface area contributed by atoms with E-state index in [9.17, 15) is 9.90 Å². The maximum Gasteiger partial charge on any atom is 0.340 e. The SMILES string of the molecule is COc1nc(Oc2cccc(-c3ccccc3)c2C(=O)O)nc(OC)c1Cl. The van der Waals surface area contributed by atoms with Crippen molar-refractivity contribution in [2.75, 3.05) is 14.2 Å². The molecule has 3 rings (SSSR count). The van der Waals surface area contributed by atoms with E-state index < -0.39 is 5.97 Å². The molecule has 2 aromatic carbocycles. The van der Waals surface area contributed by atoms with E-state index in [0.717, 1.165) is 5.56 Å². The zero-order valence-corrected chi connectivity index (χ0v) is 15.2. The van der Waals surface area contributed by atoms with Crippen molar-refractivity contribution in [3.05, 3.63) is 59.1 Å². The predicted octanol–water partition coefficient (Wildman–Crippen LogP) is 4.30.